The molecule has 3 N–H and O–H groups in total. The number of hydrogen-bond donors (Lipinski definition) is 2. The second kappa shape index (κ2) is 9.57. The fourth-order valence-electron chi connectivity index (χ4n) is 4.01. The number of amides is 3. The third-order valence-corrected chi connectivity index (χ3v) is 6.12. The molecule has 0 radical (unpaired) electrons. The van der Waals surface area contributed by atoms with Crippen LogP contribution in [0.3, 0.4) is 0 Å². The van der Waals surface area contributed by atoms with Crippen molar-refractivity contribution in [2.75, 3.05) is 6.54 Å². The predicted octanol–water partition coefficient (Wildman–Crippen LogP) is 2.87. The highest BCUT2D eigenvalue weighted by atomic mass is 35.5. The van der Waals surface area contributed by atoms with Gasteiger partial charge in [0.15, 0.2) is 5.69 Å². The lowest BCUT2D eigenvalue weighted by Gasteiger charge is -2.42. The van der Waals surface area contributed by atoms with Gasteiger partial charge < -0.3 is 16.0 Å². The van der Waals surface area contributed by atoms with Crippen LogP contribution in [0.15, 0.2) is 42.5 Å². The maximum atomic E-state index is 14.1. The van der Waals surface area contributed by atoms with Crippen LogP contribution in [0.25, 0.3) is 10.9 Å². The molecular weight excluding hydrogens is 487 g/mol. The normalized spacial score (nSPS) is 15.0. The topological polar surface area (TPSA) is 110 Å². The van der Waals surface area contributed by atoms with Crippen LogP contribution in [0.2, 0.25) is 5.02 Å². The average molecular weight is 508 g/mol. The van der Waals surface area contributed by atoms with Gasteiger partial charge >= 0.3 is 0 Å². The lowest BCUT2D eigenvalue weighted by molar-refractivity contribution is -0.157. The van der Waals surface area contributed by atoms with Crippen LogP contribution in [0.1, 0.15) is 28.9 Å². The standard InChI is InChI=1S/C23H21ClF3N5O3/c24-16-6-3-4-13(20(16)25)10-29-18(33)11-31(14-8-23(26,27)9-14)19(34)12-32-17-7-2-1-5-15(17)21(30-32)22(28)35/h1-7,14H,8-12H2,(H2,28,35)(H,29,33). The number of halogens is 4. The third-order valence-electron chi connectivity index (χ3n) is 5.83. The van der Waals surface area contributed by atoms with Gasteiger partial charge in [0.25, 0.3) is 11.8 Å². The summed E-state index contributed by atoms with van der Waals surface area (Å²) in [5, 5.41) is 6.93. The second-order valence-electron chi connectivity index (χ2n) is 8.32. The SMILES string of the molecule is NC(=O)c1nn(CC(=O)N(CC(=O)NCc2cccc(Cl)c2F)C2CC(F)(F)C2)c2ccccc12. The molecule has 35 heavy (non-hydrogen) atoms. The first-order valence-corrected chi connectivity index (χ1v) is 11.1. The van der Waals surface area contributed by atoms with Crippen LogP contribution < -0.4 is 11.1 Å². The summed E-state index contributed by atoms with van der Waals surface area (Å²) >= 11 is 5.74. The molecule has 8 nitrogen and oxygen atoms in total. The quantitative estimate of drug-likeness (QED) is 0.488. The smallest absolute Gasteiger partial charge is 0.269 e. The highest BCUT2D eigenvalue weighted by Crippen LogP contribution is 2.40. The first-order valence-electron chi connectivity index (χ1n) is 10.7. The molecular formula is C23H21ClF3N5O3. The van der Waals surface area contributed by atoms with Crippen molar-refractivity contribution in [1.29, 1.82) is 0 Å². The Bertz CT molecular complexity index is 1300. The van der Waals surface area contributed by atoms with Gasteiger partial charge in [0.2, 0.25) is 11.8 Å². The minimum atomic E-state index is -2.93. The van der Waals surface area contributed by atoms with Gasteiger partial charge in [-0.25, -0.2) is 13.2 Å². The van der Waals surface area contributed by atoms with Gasteiger partial charge in [0.1, 0.15) is 12.4 Å². The summed E-state index contributed by atoms with van der Waals surface area (Å²) in [6.45, 7) is -1.10. The lowest BCUT2D eigenvalue weighted by atomic mass is 9.86. The number of primary amides is 1. The highest BCUT2D eigenvalue weighted by Gasteiger charge is 2.49. The van der Waals surface area contributed by atoms with E-state index >= 15 is 0 Å². The molecule has 12 heteroatoms. The number of nitrogens with zero attached hydrogens (tertiary/aromatic N) is 3. The Morgan fingerprint density at radius 1 is 1.17 bits per heavy atom. The van der Waals surface area contributed by atoms with Crippen LogP contribution >= 0.6 is 11.6 Å². The van der Waals surface area contributed by atoms with E-state index in [1.807, 2.05) is 0 Å². The van der Waals surface area contributed by atoms with Crippen molar-refractivity contribution in [3.8, 4) is 0 Å². The van der Waals surface area contributed by atoms with E-state index in [1.54, 1.807) is 24.3 Å². The molecule has 184 valence electrons. The first-order chi connectivity index (χ1) is 16.6. The number of fused-ring (bicyclic) bond motifs is 1. The number of benzene rings is 2. The first kappa shape index (κ1) is 24.5. The molecule has 0 unspecified atom stereocenters. The Morgan fingerprint density at radius 3 is 2.57 bits per heavy atom. The Morgan fingerprint density at radius 2 is 1.89 bits per heavy atom. The predicted molar refractivity (Wildman–Crippen MR) is 121 cm³/mol. The molecule has 0 bridgehead atoms. The summed E-state index contributed by atoms with van der Waals surface area (Å²) in [5.41, 5.74) is 5.94. The van der Waals surface area contributed by atoms with Gasteiger partial charge in [-0.3, -0.25) is 19.1 Å². The van der Waals surface area contributed by atoms with Crippen LogP contribution in [0.5, 0.6) is 0 Å². The van der Waals surface area contributed by atoms with Gasteiger partial charge in [-0.05, 0) is 12.1 Å². The molecule has 1 saturated carbocycles. The summed E-state index contributed by atoms with van der Waals surface area (Å²) in [4.78, 5) is 38.5. The van der Waals surface area contributed by atoms with Gasteiger partial charge in [-0.15, -0.1) is 0 Å². The zero-order valence-electron chi connectivity index (χ0n) is 18.3. The second-order valence-corrected chi connectivity index (χ2v) is 8.72. The van der Waals surface area contributed by atoms with E-state index in [0.29, 0.717) is 10.9 Å². The molecule has 3 amide bonds. The summed E-state index contributed by atoms with van der Waals surface area (Å²) in [7, 11) is 0. The van der Waals surface area contributed by atoms with Gasteiger partial charge in [-0.1, -0.05) is 41.9 Å². The number of para-hydroxylation sites is 1. The zero-order valence-corrected chi connectivity index (χ0v) is 19.1. The van der Waals surface area contributed by atoms with Crippen LogP contribution in [0.4, 0.5) is 13.2 Å². The Hall–Kier alpha value is -3.60. The van der Waals surface area contributed by atoms with Crippen molar-refractivity contribution in [2.24, 2.45) is 5.73 Å². The number of rotatable bonds is 8. The van der Waals surface area contributed by atoms with E-state index in [1.165, 1.54) is 22.9 Å². The number of aromatic nitrogens is 2. The average Bonchev–Trinajstić information content (AvgIpc) is 3.15. The molecule has 1 aromatic heterocycles. The number of carbonyl (C=O) groups is 3. The molecule has 1 aliphatic rings. The Balaban J connectivity index is 1.50. The molecule has 0 spiro atoms. The van der Waals surface area contributed by atoms with E-state index in [-0.39, 0.29) is 22.8 Å². The molecule has 4 rings (SSSR count). The summed E-state index contributed by atoms with van der Waals surface area (Å²) < 4.78 is 42.5. The molecule has 1 fully saturated rings. The van der Waals surface area contributed by atoms with Crippen molar-refractivity contribution in [2.45, 2.75) is 37.9 Å². The van der Waals surface area contributed by atoms with E-state index in [0.717, 1.165) is 4.90 Å². The third kappa shape index (κ3) is 5.24. The minimum absolute atomic E-state index is 0.0311. The summed E-state index contributed by atoms with van der Waals surface area (Å²) in [6.07, 6.45) is -1.16. The molecule has 1 aliphatic carbocycles. The van der Waals surface area contributed by atoms with Crippen LogP contribution in [-0.4, -0.2) is 50.9 Å². The van der Waals surface area contributed by atoms with Crippen molar-refractivity contribution in [3.63, 3.8) is 0 Å². The number of carbonyl (C=O) groups excluding carboxylic acids is 3. The Labute approximate surface area is 202 Å². The van der Waals surface area contributed by atoms with Crippen LogP contribution in [-0.2, 0) is 22.7 Å². The zero-order chi connectivity index (χ0) is 25.3. The maximum absolute atomic E-state index is 14.1. The molecule has 0 aliphatic heterocycles. The van der Waals surface area contributed by atoms with E-state index in [9.17, 15) is 27.6 Å². The van der Waals surface area contributed by atoms with Crippen molar-refractivity contribution in [3.05, 3.63) is 64.6 Å². The largest absolute Gasteiger partial charge is 0.364 e. The van der Waals surface area contributed by atoms with Crippen molar-refractivity contribution >= 4 is 40.2 Å². The molecule has 1 heterocycles. The van der Waals surface area contributed by atoms with Crippen molar-refractivity contribution < 1.29 is 27.6 Å². The van der Waals surface area contributed by atoms with Crippen LogP contribution in [0, 0.1) is 5.82 Å². The van der Waals surface area contributed by atoms with Gasteiger partial charge in [0.05, 0.1) is 17.1 Å². The molecule has 0 atom stereocenters. The lowest BCUT2D eigenvalue weighted by Crippen LogP contribution is -2.56. The van der Waals surface area contributed by atoms with Gasteiger partial charge in [-0.2, -0.15) is 5.10 Å². The molecule has 0 saturated heterocycles. The van der Waals surface area contributed by atoms with E-state index in [2.05, 4.69) is 10.4 Å². The number of alkyl halides is 2. The minimum Gasteiger partial charge on any atom is -0.364 e. The number of nitrogens with two attached hydrogens (primary N) is 1. The van der Waals surface area contributed by atoms with E-state index < -0.39 is 61.4 Å². The fourth-order valence-corrected chi connectivity index (χ4v) is 4.20. The fraction of sp³-hybridized carbons (Fsp3) is 0.304. The number of nitrogens with one attached hydrogen (secondary N) is 1. The molecule has 3 aromatic rings. The van der Waals surface area contributed by atoms with Crippen molar-refractivity contribution in [1.82, 2.24) is 20.0 Å². The van der Waals surface area contributed by atoms with E-state index in [4.69, 9.17) is 17.3 Å². The summed E-state index contributed by atoms with van der Waals surface area (Å²) in [5.74, 6) is -5.69. The highest BCUT2D eigenvalue weighted by molar-refractivity contribution is 6.30. The maximum Gasteiger partial charge on any atom is 0.269 e. The number of hydrogen-bond acceptors (Lipinski definition) is 4. The monoisotopic (exact) mass is 507 g/mol. The summed E-state index contributed by atoms with van der Waals surface area (Å²) in [6, 6.07) is 10.1. The Kier molecular flexibility index (Phi) is 6.70. The van der Waals surface area contributed by atoms with Gasteiger partial charge in [0, 0.05) is 36.4 Å². The molecule has 2 aromatic carbocycles.